The molecule has 3 aromatic rings. The summed E-state index contributed by atoms with van der Waals surface area (Å²) in [6.45, 7) is 3.12. The fraction of sp³-hybridized carbons (Fsp3) is 0.458. The van der Waals surface area contributed by atoms with Gasteiger partial charge in [0.15, 0.2) is 16.7 Å². The van der Waals surface area contributed by atoms with Crippen LogP contribution >= 0.6 is 23.4 Å². The highest BCUT2D eigenvalue weighted by atomic mass is 35.5. The third kappa shape index (κ3) is 4.68. The fourth-order valence-electron chi connectivity index (χ4n) is 4.67. The molecule has 1 aromatic heterocycles. The lowest BCUT2D eigenvalue weighted by Gasteiger charge is -2.26. The first kappa shape index (κ1) is 24.3. The predicted molar refractivity (Wildman–Crippen MR) is 135 cm³/mol. The maximum Gasteiger partial charge on any atom is 0.243 e. The summed E-state index contributed by atoms with van der Waals surface area (Å²) in [6, 6.07) is 8.87. The van der Waals surface area contributed by atoms with Crippen LogP contribution in [0, 0.1) is 0 Å². The lowest BCUT2D eigenvalue weighted by atomic mass is 10.2. The van der Waals surface area contributed by atoms with Gasteiger partial charge in [-0.15, -0.1) is 0 Å². The van der Waals surface area contributed by atoms with Gasteiger partial charge in [0, 0.05) is 36.5 Å². The predicted octanol–water partition coefficient (Wildman–Crippen LogP) is 3.91. The zero-order valence-electron chi connectivity index (χ0n) is 19.5. The van der Waals surface area contributed by atoms with E-state index >= 15 is 0 Å². The molecule has 0 amide bonds. The number of fused-ring (bicyclic) bond motifs is 2. The molecule has 1 atom stereocenters. The van der Waals surface area contributed by atoms with E-state index in [1.165, 1.54) is 4.31 Å². The summed E-state index contributed by atoms with van der Waals surface area (Å²) in [4.78, 5) is 5.10. The highest BCUT2D eigenvalue weighted by molar-refractivity contribution is 7.98. The number of sulfonamides is 1. The summed E-state index contributed by atoms with van der Waals surface area (Å²) < 4.78 is 52.2. The number of hydrogen-bond donors (Lipinski definition) is 0. The number of nitrogens with zero attached hydrogens (tertiary/aromatic N) is 3. The highest BCUT2D eigenvalue weighted by Crippen LogP contribution is 2.39. The number of halogens is 1. The van der Waals surface area contributed by atoms with E-state index in [1.54, 1.807) is 30.0 Å². The number of benzene rings is 2. The Morgan fingerprint density at radius 1 is 1.08 bits per heavy atom. The van der Waals surface area contributed by atoms with Gasteiger partial charge in [-0.2, -0.15) is 4.31 Å². The van der Waals surface area contributed by atoms with Gasteiger partial charge in [0.25, 0.3) is 0 Å². The minimum Gasteiger partial charge on any atom is -0.454 e. The van der Waals surface area contributed by atoms with Crippen LogP contribution in [-0.4, -0.2) is 68.1 Å². The van der Waals surface area contributed by atoms with Crippen LogP contribution in [0.3, 0.4) is 0 Å². The molecule has 192 valence electrons. The fourth-order valence-corrected chi connectivity index (χ4v) is 7.42. The van der Waals surface area contributed by atoms with Crippen LogP contribution < -0.4 is 9.47 Å². The van der Waals surface area contributed by atoms with Gasteiger partial charge in [-0.1, -0.05) is 23.4 Å². The quantitative estimate of drug-likeness (QED) is 0.408. The van der Waals surface area contributed by atoms with Crippen molar-refractivity contribution in [1.82, 2.24) is 13.9 Å². The van der Waals surface area contributed by atoms with Crippen molar-refractivity contribution < 1.29 is 27.4 Å². The molecule has 4 heterocycles. The number of morpholine rings is 1. The van der Waals surface area contributed by atoms with Crippen molar-refractivity contribution in [2.45, 2.75) is 41.3 Å². The standard InChI is InChI=1S/C24H26ClN3O6S2/c25-19-12-23-22(33-15-34-23)10-16(19)14-35-24-26-20-11-18(36(29,30)27-5-8-31-9-6-27)3-4-21(20)28(24)13-17-2-1-7-32-17/h3-4,10-12,17H,1-2,5-9,13-15H2. The molecule has 9 nitrogen and oxygen atoms in total. The Labute approximate surface area is 218 Å². The number of rotatable bonds is 7. The van der Waals surface area contributed by atoms with E-state index in [1.807, 2.05) is 12.1 Å². The maximum absolute atomic E-state index is 13.2. The van der Waals surface area contributed by atoms with Crippen LogP contribution in [0.4, 0.5) is 0 Å². The average Bonchev–Trinajstić information content (AvgIpc) is 3.64. The van der Waals surface area contributed by atoms with Gasteiger partial charge in [0.05, 0.1) is 41.8 Å². The summed E-state index contributed by atoms with van der Waals surface area (Å²) in [5.74, 6) is 1.90. The van der Waals surface area contributed by atoms with Gasteiger partial charge in [0.1, 0.15) is 0 Å². The van der Waals surface area contributed by atoms with Gasteiger partial charge >= 0.3 is 0 Å². The van der Waals surface area contributed by atoms with E-state index in [0.29, 0.717) is 60.6 Å². The average molecular weight is 552 g/mol. The van der Waals surface area contributed by atoms with E-state index in [9.17, 15) is 8.42 Å². The smallest absolute Gasteiger partial charge is 0.243 e. The molecule has 36 heavy (non-hydrogen) atoms. The SMILES string of the molecule is O=S(=O)(c1ccc2c(c1)nc(SCc1cc3c(cc1Cl)OCO3)n2CC1CCCO1)N1CCOCC1. The summed E-state index contributed by atoms with van der Waals surface area (Å²) in [5, 5.41) is 1.39. The van der Waals surface area contributed by atoms with Crippen molar-refractivity contribution in [3.8, 4) is 11.5 Å². The van der Waals surface area contributed by atoms with Gasteiger partial charge < -0.3 is 23.5 Å². The third-order valence-electron chi connectivity index (χ3n) is 6.60. The molecule has 1 unspecified atom stereocenters. The first-order valence-corrected chi connectivity index (χ1v) is 14.7. The molecular weight excluding hydrogens is 526 g/mol. The summed E-state index contributed by atoms with van der Waals surface area (Å²) >= 11 is 8.05. The number of thioether (sulfide) groups is 1. The van der Waals surface area contributed by atoms with E-state index in [0.717, 1.165) is 35.7 Å². The minimum atomic E-state index is -3.62. The molecule has 0 N–H and O–H groups in total. The Morgan fingerprint density at radius 2 is 1.89 bits per heavy atom. The molecule has 0 spiro atoms. The van der Waals surface area contributed by atoms with Crippen LogP contribution in [0.25, 0.3) is 11.0 Å². The summed E-state index contributed by atoms with van der Waals surface area (Å²) in [6.07, 6.45) is 2.13. The van der Waals surface area contributed by atoms with Crippen molar-refractivity contribution >= 4 is 44.4 Å². The van der Waals surface area contributed by atoms with E-state index in [-0.39, 0.29) is 17.8 Å². The molecule has 12 heteroatoms. The Morgan fingerprint density at radius 3 is 2.67 bits per heavy atom. The molecule has 0 saturated carbocycles. The molecule has 0 bridgehead atoms. The number of aromatic nitrogens is 2. The van der Waals surface area contributed by atoms with Gasteiger partial charge in [-0.05, 0) is 42.7 Å². The summed E-state index contributed by atoms with van der Waals surface area (Å²) in [5.41, 5.74) is 2.43. The van der Waals surface area contributed by atoms with Crippen LogP contribution in [0.2, 0.25) is 5.02 Å². The molecule has 2 aromatic carbocycles. The van der Waals surface area contributed by atoms with E-state index in [2.05, 4.69) is 4.57 Å². The van der Waals surface area contributed by atoms with Gasteiger partial charge in [-0.3, -0.25) is 0 Å². The maximum atomic E-state index is 13.2. The number of imidazole rings is 1. The molecule has 6 rings (SSSR count). The lowest BCUT2D eigenvalue weighted by Crippen LogP contribution is -2.40. The second kappa shape index (κ2) is 10.0. The Balaban J connectivity index is 1.32. The van der Waals surface area contributed by atoms with E-state index in [4.69, 9.17) is 35.5 Å². The highest BCUT2D eigenvalue weighted by Gasteiger charge is 2.28. The lowest BCUT2D eigenvalue weighted by molar-refractivity contribution is 0.0730. The van der Waals surface area contributed by atoms with Crippen LogP contribution in [0.15, 0.2) is 40.4 Å². The first-order valence-electron chi connectivity index (χ1n) is 11.9. The van der Waals surface area contributed by atoms with Crippen molar-refractivity contribution in [1.29, 1.82) is 0 Å². The number of hydrogen-bond acceptors (Lipinski definition) is 8. The molecule has 2 fully saturated rings. The van der Waals surface area contributed by atoms with Crippen LogP contribution in [0.5, 0.6) is 11.5 Å². The van der Waals surface area contributed by atoms with Crippen LogP contribution in [-0.2, 0) is 31.8 Å². The molecule has 3 aliphatic rings. The van der Waals surface area contributed by atoms with Crippen molar-refractivity contribution in [2.75, 3.05) is 39.7 Å². The zero-order chi connectivity index (χ0) is 24.7. The number of ether oxygens (including phenoxy) is 4. The second-order valence-electron chi connectivity index (χ2n) is 8.89. The Bertz CT molecular complexity index is 1380. The van der Waals surface area contributed by atoms with E-state index < -0.39 is 10.0 Å². The third-order valence-corrected chi connectivity index (χ3v) is 9.87. The Kier molecular flexibility index (Phi) is 6.78. The first-order chi connectivity index (χ1) is 17.5. The molecule has 3 aliphatic heterocycles. The minimum absolute atomic E-state index is 0.104. The molecule has 0 radical (unpaired) electrons. The van der Waals surface area contributed by atoms with Crippen LogP contribution in [0.1, 0.15) is 18.4 Å². The zero-order valence-corrected chi connectivity index (χ0v) is 21.9. The molecular formula is C24H26ClN3O6S2. The Hall–Kier alpha value is -2.02. The van der Waals surface area contributed by atoms with Gasteiger partial charge in [0.2, 0.25) is 16.8 Å². The van der Waals surface area contributed by atoms with Crippen molar-refractivity contribution in [3.63, 3.8) is 0 Å². The molecule has 0 aliphatic carbocycles. The topological polar surface area (TPSA) is 92.1 Å². The second-order valence-corrected chi connectivity index (χ2v) is 12.2. The van der Waals surface area contributed by atoms with Crippen molar-refractivity contribution in [2.24, 2.45) is 0 Å². The largest absolute Gasteiger partial charge is 0.454 e. The van der Waals surface area contributed by atoms with Gasteiger partial charge in [-0.25, -0.2) is 13.4 Å². The molecule has 2 saturated heterocycles. The van der Waals surface area contributed by atoms with Crippen molar-refractivity contribution in [3.05, 3.63) is 40.9 Å². The summed E-state index contributed by atoms with van der Waals surface area (Å²) in [7, 11) is -3.62. The monoisotopic (exact) mass is 551 g/mol. The normalized spacial score (nSPS) is 20.4.